The highest BCUT2D eigenvalue weighted by atomic mass is 16.3. The van der Waals surface area contributed by atoms with Crippen molar-refractivity contribution in [3.63, 3.8) is 0 Å². The van der Waals surface area contributed by atoms with E-state index < -0.39 is 17.6 Å². The largest absolute Gasteiger partial charge is 0.391 e. The van der Waals surface area contributed by atoms with Crippen molar-refractivity contribution in [1.29, 1.82) is 0 Å². The molecule has 3 aliphatic rings. The lowest BCUT2D eigenvalue weighted by Gasteiger charge is -2.27. The lowest BCUT2D eigenvalue weighted by Crippen LogP contribution is -2.45. The molecule has 0 unspecified atom stereocenters. The van der Waals surface area contributed by atoms with Crippen LogP contribution in [-0.4, -0.2) is 58.7 Å². The molecule has 2 fully saturated rings. The number of amides is 3. The first-order valence-electron chi connectivity index (χ1n) is 14.1. The molecule has 8 heteroatoms. The first-order chi connectivity index (χ1) is 18.3. The maximum atomic E-state index is 13.5. The van der Waals surface area contributed by atoms with Crippen molar-refractivity contribution >= 4 is 23.5 Å². The minimum Gasteiger partial charge on any atom is -0.391 e. The molecule has 4 rings (SSSR count). The summed E-state index contributed by atoms with van der Waals surface area (Å²) in [5.74, 6) is -0.859. The normalized spacial score (nSPS) is 30.8. The fourth-order valence-corrected chi connectivity index (χ4v) is 5.83. The Bertz CT molecular complexity index is 1040. The van der Waals surface area contributed by atoms with Gasteiger partial charge in [-0.1, -0.05) is 62.2 Å². The first kappa shape index (κ1) is 28.0. The molecule has 2 heterocycles. The van der Waals surface area contributed by atoms with E-state index in [0.29, 0.717) is 13.0 Å². The van der Waals surface area contributed by atoms with Crippen molar-refractivity contribution in [3.05, 3.63) is 48.0 Å². The molecule has 0 aromatic heterocycles. The van der Waals surface area contributed by atoms with Crippen LogP contribution in [0.2, 0.25) is 0 Å². The fraction of sp³-hybridized carbons (Fsp3) is 0.600. The van der Waals surface area contributed by atoms with Crippen LogP contribution in [0.15, 0.2) is 42.5 Å². The van der Waals surface area contributed by atoms with Gasteiger partial charge in [0.05, 0.1) is 17.6 Å². The summed E-state index contributed by atoms with van der Waals surface area (Å²) in [4.78, 5) is 53.9. The molecule has 0 bridgehead atoms. The van der Waals surface area contributed by atoms with Crippen LogP contribution >= 0.6 is 0 Å². The van der Waals surface area contributed by atoms with Gasteiger partial charge in [-0.15, -0.1) is 0 Å². The standard InChI is InChI=1S/C30H41N3O5/c1-21-10-6-3-2-4-9-13-23-17-30(23,18-26(35)25-16-24(34)20-33(25)28(21)37)29(38)31-15-14-27(36)32-19-22-11-7-5-8-12-22/h5,7-9,11-13,21,23-25,34H,2-4,6,10,14-20H2,1H3,(H,31,38)(H,32,36)/b13-9-/t21-,23-,24+,25-,30+/m0/s1. The topological polar surface area (TPSA) is 116 Å². The monoisotopic (exact) mass is 523 g/mol. The zero-order valence-electron chi connectivity index (χ0n) is 22.4. The molecule has 0 radical (unpaired) electrons. The zero-order chi connectivity index (χ0) is 27.1. The number of ketones is 1. The van der Waals surface area contributed by atoms with E-state index in [9.17, 15) is 24.3 Å². The Hall–Kier alpha value is -3.00. The third-order valence-corrected chi connectivity index (χ3v) is 8.28. The molecule has 1 aromatic rings. The lowest BCUT2D eigenvalue weighted by atomic mass is 9.90. The number of nitrogens with one attached hydrogen (secondary N) is 2. The smallest absolute Gasteiger partial charge is 0.227 e. The third-order valence-electron chi connectivity index (χ3n) is 8.28. The summed E-state index contributed by atoms with van der Waals surface area (Å²) in [7, 11) is 0. The Balaban J connectivity index is 1.39. The number of aliphatic hydroxyl groups is 1. The summed E-state index contributed by atoms with van der Waals surface area (Å²) in [5, 5.41) is 16.1. The third kappa shape index (κ3) is 6.90. The van der Waals surface area contributed by atoms with Crippen LogP contribution in [0.5, 0.6) is 0 Å². The Morgan fingerprint density at radius 2 is 1.89 bits per heavy atom. The number of allylic oxidation sites excluding steroid dienone is 2. The number of hydrogen-bond donors (Lipinski definition) is 3. The highest BCUT2D eigenvalue weighted by Crippen LogP contribution is 2.57. The molecule has 1 saturated carbocycles. The van der Waals surface area contributed by atoms with Crippen molar-refractivity contribution in [2.24, 2.45) is 17.3 Å². The van der Waals surface area contributed by atoms with Gasteiger partial charge >= 0.3 is 0 Å². The van der Waals surface area contributed by atoms with Crippen LogP contribution in [-0.2, 0) is 25.7 Å². The number of hydrogen-bond acceptors (Lipinski definition) is 5. The van der Waals surface area contributed by atoms with Gasteiger partial charge in [-0.25, -0.2) is 0 Å². The van der Waals surface area contributed by atoms with E-state index in [2.05, 4.69) is 22.8 Å². The minimum absolute atomic E-state index is 0.0313. The number of carbonyl (C=O) groups is 4. The summed E-state index contributed by atoms with van der Waals surface area (Å²) in [6, 6.07) is 8.93. The van der Waals surface area contributed by atoms with E-state index in [4.69, 9.17) is 0 Å². The molecule has 5 atom stereocenters. The highest BCUT2D eigenvalue weighted by molar-refractivity contribution is 5.96. The SMILES string of the molecule is C[C@H]1CCCCC/C=C\[C@H]2C[C@@]2(C(=O)NCCC(=O)NCc2ccccc2)CC(=O)[C@@H]2C[C@@H](O)CN2C1=O. The average Bonchev–Trinajstić information content (AvgIpc) is 3.46. The maximum absolute atomic E-state index is 13.5. The van der Waals surface area contributed by atoms with E-state index in [0.717, 1.165) is 37.7 Å². The molecule has 1 saturated heterocycles. The van der Waals surface area contributed by atoms with Gasteiger partial charge in [0.2, 0.25) is 17.7 Å². The van der Waals surface area contributed by atoms with Crippen LogP contribution in [0, 0.1) is 17.3 Å². The molecule has 0 spiro atoms. The highest BCUT2D eigenvalue weighted by Gasteiger charge is 2.60. The Morgan fingerprint density at radius 1 is 1.11 bits per heavy atom. The molecule has 38 heavy (non-hydrogen) atoms. The van der Waals surface area contributed by atoms with Crippen molar-refractivity contribution in [3.8, 4) is 0 Å². The van der Waals surface area contributed by atoms with Crippen LogP contribution in [0.4, 0.5) is 0 Å². The van der Waals surface area contributed by atoms with Gasteiger partial charge in [0.15, 0.2) is 5.78 Å². The van der Waals surface area contributed by atoms with Gasteiger partial charge in [-0.05, 0) is 37.2 Å². The number of carbonyl (C=O) groups excluding carboxylic acids is 4. The molecule has 1 aliphatic carbocycles. The molecule has 8 nitrogen and oxygen atoms in total. The maximum Gasteiger partial charge on any atom is 0.227 e. The van der Waals surface area contributed by atoms with Gasteiger partial charge in [-0.3, -0.25) is 19.2 Å². The van der Waals surface area contributed by atoms with Crippen molar-refractivity contribution in [2.75, 3.05) is 13.1 Å². The molecular formula is C30H41N3O5. The van der Waals surface area contributed by atoms with Gasteiger partial charge in [-0.2, -0.15) is 0 Å². The Morgan fingerprint density at radius 3 is 2.68 bits per heavy atom. The summed E-state index contributed by atoms with van der Waals surface area (Å²) in [5.41, 5.74) is 0.145. The fourth-order valence-electron chi connectivity index (χ4n) is 5.83. The second-order valence-corrected chi connectivity index (χ2v) is 11.2. The van der Waals surface area contributed by atoms with Gasteiger partial charge in [0.1, 0.15) is 0 Å². The average molecular weight is 524 g/mol. The number of nitrogens with zero attached hydrogens (tertiary/aromatic N) is 1. The zero-order valence-corrected chi connectivity index (χ0v) is 22.4. The second kappa shape index (κ2) is 12.7. The number of aliphatic hydroxyl groups excluding tert-OH is 1. The summed E-state index contributed by atoms with van der Waals surface area (Å²) < 4.78 is 0. The molecule has 2 aliphatic heterocycles. The summed E-state index contributed by atoms with van der Waals surface area (Å²) in [6.07, 6.45) is 9.09. The van der Waals surface area contributed by atoms with E-state index in [-0.39, 0.29) is 67.7 Å². The molecular weight excluding hydrogens is 482 g/mol. The Labute approximate surface area is 225 Å². The summed E-state index contributed by atoms with van der Waals surface area (Å²) in [6.45, 7) is 2.69. The molecule has 3 amide bonds. The van der Waals surface area contributed by atoms with Crippen LogP contribution in [0.1, 0.15) is 70.3 Å². The minimum atomic E-state index is -0.859. The number of Topliss-reactive ketones (excluding diaryl/α,β-unsaturated/α-hetero) is 1. The van der Waals surface area contributed by atoms with Gasteiger partial charge in [0, 0.05) is 44.8 Å². The number of benzene rings is 1. The van der Waals surface area contributed by atoms with Crippen molar-refractivity contribution in [1.82, 2.24) is 15.5 Å². The lowest BCUT2D eigenvalue weighted by molar-refractivity contribution is -0.142. The predicted octanol–water partition coefficient (Wildman–Crippen LogP) is 2.89. The van der Waals surface area contributed by atoms with E-state index in [1.165, 1.54) is 0 Å². The number of fused-ring (bicyclic) bond motifs is 2. The van der Waals surface area contributed by atoms with Crippen LogP contribution < -0.4 is 10.6 Å². The quantitative estimate of drug-likeness (QED) is 0.496. The number of rotatable bonds is 6. The van der Waals surface area contributed by atoms with Crippen molar-refractivity contribution < 1.29 is 24.3 Å². The van der Waals surface area contributed by atoms with E-state index >= 15 is 0 Å². The van der Waals surface area contributed by atoms with Gasteiger partial charge in [0.25, 0.3) is 0 Å². The predicted molar refractivity (Wildman–Crippen MR) is 144 cm³/mol. The van der Waals surface area contributed by atoms with Crippen LogP contribution in [0.3, 0.4) is 0 Å². The second-order valence-electron chi connectivity index (χ2n) is 11.2. The first-order valence-corrected chi connectivity index (χ1v) is 14.1. The van der Waals surface area contributed by atoms with Crippen molar-refractivity contribution in [2.45, 2.75) is 83.4 Å². The molecule has 1 aromatic carbocycles. The molecule has 3 N–H and O–H groups in total. The van der Waals surface area contributed by atoms with Gasteiger partial charge < -0.3 is 20.6 Å². The summed E-state index contributed by atoms with van der Waals surface area (Å²) >= 11 is 0. The van der Waals surface area contributed by atoms with Crippen LogP contribution in [0.25, 0.3) is 0 Å². The molecule has 206 valence electrons. The van der Waals surface area contributed by atoms with E-state index in [1.807, 2.05) is 37.3 Å². The van der Waals surface area contributed by atoms with E-state index in [1.54, 1.807) is 4.90 Å². The Kier molecular flexibility index (Phi) is 9.36.